The molecule has 0 saturated heterocycles. The Bertz CT molecular complexity index is 681. The van der Waals surface area contributed by atoms with Crippen LogP contribution < -0.4 is 5.32 Å². The smallest absolute Gasteiger partial charge is 0.255 e. The highest BCUT2D eigenvalue weighted by Gasteiger charge is 2.05. The van der Waals surface area contributed by atoms with E-state index in [1.165, 1.54) is 0 Å². The summed E-state index contributed by atoms with van der Waals surface area (Å²) in [4.78, 5) is 12.1. The van der Waals surface area contributed by atoms with Crippen molar-refractivity contribution in [1.82, 2.24) is 0 Å². The fraction of sp³-hybridized carbons (Fsp3) is 0.167. The predicted octanol–water partition coefficient (Wildman–Crippen LogP) is 2.98. The first-order valence-corrected chi connectivity index (χ1v) is 6.77. The van der Waals surface area contributed by atoms with Gasteiger partial charge in [-0.15, -0.1) is 0 Å². The van der Waals surface area contributed by atoms with E-state index < -0.39 is 0 Å². The van der Waals surface area contributed by atoms with Crippen LogP contribution in [-0.4, -0.2) is 17.6 Å². The Kier molecular flexibility index (Phi) is 5.14. The maximum Gasteiger partial charge on any atom is 0.255 e. The summed E-state index contributed by atoms with van der Waals surface area (Å²) in [5, 5.41) is 11.6. The SMILES string of the molecule is Cc1cc(NC(=O)c2ccccc2)ccc1C#CCCO. The molecule has 0 unspecified atom stereocenters. The van der Waals surface area contributed by atoms with Gasteiger partial charge in [0.15, 0.2) is 0 Å². The summed E-state index contributed by atoms with van der Waals surface area (Å²) in [5.41, 5.74) is 3.27. The lowest BCUT2D eigenvalue weighted by Gasteiger charge is -2.07. The maximum atomic E-state index is 12.1. The van der Waals surface area contributed by atoms with Crippen LogP contribution in [0.15, 0.2) is 48.5 Å². The second kappa shape index (κ2) is 7.28. The van der Waals surface area contributed by atoms with Gasteiger partial charge in [0, 0.05) is 23.2 Å². The largest absolute Gasteiger partial charge is 0.395 e. The average Bonchev–Trinajstić information content (AvgIpc) is 2.50. The lowest BCUT2D eigenvalue weighted by molar-refractivity contribution is 0.102. The molecule has 0 aliphatic rings. The van der Waals surface area contributed by atoms with Gasteiger partial charge in [0.05, 0.1) is 6.61 Å². The molecule has 0 saturated carbocycles. The lowest BCUT2D eigenvalue weighted by atomic mass is 10.1. The van der Waals surface area contributed by atoms with E-state index in [0.29, 0.717) is 12.0 Å². The fourth-order valence-electron chi connectivity index (χ4n) is 1.89. The van der Waals surface area contributed by atoms with E-state index in [-0.39, 0.29) is 12.5 Å². The van der Waals surface area contributed by atoms with Gasteiger partial charge in [-0.05, 0) is 42.8 Å². The van der Waals surface area contributed by atoms with Crippen molar-refractivity contribution in [2.24, 2.45) is 0 Å². The molecule has 0 radical (unpaired) electrons. The first-order valence-electron chi connectivity index (χ1n) is 6.77. The highest BCUT2D eigenvalue weighted by molar-refractivity contribution is 6.04. The average molecular weight is 279 g/mol. The van der Waals surface area contributed by atoms with Crippen molar-refractivity contribution in [2.45, 2.75) is 13.3 Å². The molecule has 106 valence electrons. The number of nitrogens with one attached hydrogen (secondary N) is 1. The monoisotopic (exact) mass is 279 g/mol. The van der Waals surface area contributed by atoms with Gasteiger partial charge in [-0.3, -0.25) is 4.79 Å². The number of carbonyl (C=O) groups excluding carboxylic acids is 1. The van der Waals surface area contributed by atoms with Crippen molar-refractivity contribution >= 4 is 11.6 Å². The first kappa shape index (κ1) is 14.8. The summed E-state index contributed by atoms with van der Waals surface area (Å²) in [6.07, 6.45) is 0.464. The van der Waals surface area contributed by atoms with Gasteiger partial charge in [0.1, 0.15) is 0 Å². The molecule has 2 rings (SSSR count). The van der Waals surface area contributed by atoms with Crippen LogP contribution in [0, 0.1) is 18.8 Å². The molecule has 2 aromatic rings. The molecule has 21 heavy (non-hydrogen) atoms. The summed E-state index contributed by atoms with van der Waals surface area (Å²) in [5.74, 6) is 5.76. The number of hydrogen-bond acceptors (Lipinski definition) is 2. The molecule has 2 N–H and O–H groups in total. The van der Waals surface area contributed by atoms with Crippen LogP contribution in [-0.2, 0) is 0 Å². The minimum atomic E-state index is -0.130. The summed E-state index contributed by atoms with van der Waals surface area (Å²) in [6, 6.07) is 14.7. The van der Waals surface area contributed by atoms with Crippen molar-refractivity contribution in [2.75, 3.05) is 11.9 Å². The summed E-state index contributed by atoms with van der Waals surface area (Å²) in [6.45, 7) is 2.01. The number of aryl methyl sites for hydroxylation is 1. The molecule has 2 aromatic carbocycles. The zero-order chi connectivity index (χ0) is 15.1. The topological polar surface area (TPSA) is 49.3 Å². The van der Waals surface area contributed by atoms with Gasteiger partial charge in [-0.1, -0.05) is 30.0 Å². The van der Waals surface area contributed by atoms with E-state index in [0.717, 1.165) is 16.8 Å². The standard InChI is InChI=1S/C18H17NO2/c1-14-13-17(11-10-15(14)7-5-6-12-20)19-18(21)16-8-3-2-4-9-16/h2-4,8-11,13,20H,6,12H2,1H3,(H,19,21). The first-order chi connectivity index (χ1) is 10.2. The third kappa shape index (κ3) is 4.20. The van der Waals surface area contributed by atoms with E-state index in [9.17, 15) is 4.79 Å². The predicted molar refractivity (Wildman–Crippen MR) is 84.2 cm³/mol. The molecule has 0 aliphatic carbocycles. The van der Waals surface area contributed by atoms with Crippen LogP contribution in [0.2, 0.25) is 0 Å². The highest BCUT2D eigenvalue weighted by Crippen LogP contribution is 2.15. The van der Waals surface area contributed by atoms with Gasteiger partial charge < -0.3 is 10.4 Å². The normalized spacial score (nSPS) is 9.62. The number of amides is 1. The van der Waals surface area contributed by atoms with Crippen LogP contribution in [0.3, 0.4) is 0 Å². The number of aliphatic hydroxyl groups excluding tert-OH is 1. The number of aliphatic hydroxyl groups is 1. The minimum absolute atomic E-state index is 0.0667. The van der Waals surface area contributed by atoms with Gasteiger partial charge in [0.25, 0.3) is 5.91 Å². The van der Waals surface area contributed by atoms with Crippen molar-refractivity contribution in [3.63, 3.8) is 0 Å². The van der Waals surface area contributed by atoms with E-state index in [1.807, 2.05) is 43.3 Å². The quantitative estimate of drug-likeness (QED) is 0.849. The van der Waals surface area contributed by atoms with Gasteiger partial charge in [-0.25, -0.2) is 0 Å². The van der Waals surface area contributed by atoms with Crippen LogP contribution >= 0.6 is 0 Å². The maximum absolute atomic E-state index is 12.1. The minimum Gasteiger partial charge on any atom is -0.395 e. The van der Waals surface area contributed by atoms with Crippen LogP contribution in [0.5, 0.6) is 0 Å². The Hall–Kier alpha value is -2.57. The molecule has 3 nitrogen and oxygen atoms in total. The highest BCUT2D eigenvalue weighted by atomic mass is 16.2. The molecule has 0 aromatic heterocycles. The molecule has 0 bridgehead atoms. The van der Waals surface area contributed by atoms with E-state index in [4.69, 9.17) is 5.11 Å². The number of benzene rings is 2. The zero-order valence-corrected chi connectivity index (χ0v) is 11.9. The molecule has 0 fully saturated rings. The summed E-state index contributed by atoms with van der Waals surface area (Å²) in [7, 11) is 0. The van der Waals surface area contributed by atoms with E-state index >= 15 is 0 Å². The summed E-state index contributed by atoms with van der Waals surface area (Å²) >= 11 is 0. The zero-order valence-electron chi connectivity index (χ0n) is 11.9. The lowest BCUT2D eigenvalue weighted by Crippen LogP contribution is -2.11. The molecule has 3 heteroatoms. The van der Waals surface area contributed by atoms with Crippen LogP contribution in [0.4, 0.5) is 5.69 Å². The molecule has 0 atom stereocenters. The summed E-state index contributed by atoms with van der Waals surface area (Å²) < 4.78 is 0. The Labute approximate surface area is 124 Å². The van der Waals surface area contributed by atoms with Crippen LogP contribution in [0.1, 0.15) is 27.9 Å². The van der Waals surface area contributed by atoms with Crippen LogP contribution in [0.25, 0.3) is 0 Å². The fourth-order valence-corrected chi connectivity index (χ4v) is 1.89. The second-order valence-corrected chi connectivity index (χ2v) is 4.63. The van der Waals surface area contributed by atoms with E-state index in [2.05, 4.69) is 17.2 Å². The number of hydrogen-bond donors (Lipinski definition) is 2. The number of carbonyl (C=O) groups is 1. The van der Waals surface area contributed by atoms with E-state index in [1.54, 1.807) is 12.1 Å². The molecular weight excluding hydrogens is 262 g/mol. The Balaban J connectivity index is 2.11. The third-order valence-electron chi connectivity index (χ3n) is 2.98. The Morgan fingerprint density at radius 1 is 1.19 bits per heavy atom. The molecule has 0 spiro atoms. The molecule has 1 amide bonds. The number of anilines is 1. The Morgan fingerprint density at radius 2 is 1.95 bits per heavy atom. The van der Waals surface area contributed by atoms with Crippen molar-refractivity contribution in [3.05, 3.63) is 65.2 Å². The van der Waals surface area contributed by atoms with Crippen molar-refractivity contribution in [3.8, 4) is 11.8 Å². The molecule has 0 heterocycles. The number of rotatable bonds is 3. The van der Waals surface area contributed by atoms with Crippen molar-refractivity contribution < 1.29 is 9.90 Å². The third-order valence-corrected chi connectivity index (χ3v) is 2.98. The second-order valence-electron chi connectivity index (χ2n) is 4.63. The Morgan fingerprint density at radius 3 is 2.62 bits per heavy atom. The molecular formula is C18H17NO2. The van der Waals surface area contributed by atoms with Crippen molar-refractivity contribution in [1.29, 1.82) is 0 Å². The van der Waals surface area contributed by atoms with Gasteiger partial charge in [0.2, 0.25) is 0 Å². The molecule has 0 aliphatic heterocycles. The van der Waals surface area contributed by atoms with Gasteiger partial charge >= 0.3 is 0 Å². The van der Waals surface area contributed by atoms with Gasteiger partial charge in [-0.2, -0.15) is 0 Å².